The number of pyridine rings is 2. The first-order valence-corrected chi connectivity index (χ1v) is 14.3. The molecule has 0 saturated carbocycles. The molecule has 0 atom stereocenters. The normalized spacial score (nSPS) is 16.0. The predicted octanol–water partition coefficient (Wildman–Crippen LogP) is 5.24. The smallest absolute Gasteiger partial charge is 0.356 e. The first-order valence-electron chi connectivity index (χ1n) is 12.1. The molecule has 2 amide bonds. The number of aromatic nitrogens is 2. The molecule has 3 rings (SSSR count). The molecule has 214 valence electrons. The molecule has 0 radical (unpaired) electrons. The Kier molecular flexibility index (Phi) is 8.61. The topological polar surface area (TPSA) is 131 Å². The standard InChI is InChI=1S/C25H32BrF2N5O5S/c1-23(2,3)18-17(7-10-29-21(18)39(36,37)38-22(35)32-24(4,5)6)31-20(34)16-13-15(26)14-30-19(16)33-11-8-25(27,28)9-12-33/h7,10,13-14H,8-9,11-12H2,1-6H3,(H,32,35)(H,29,31,34). The van der Waals surface area contributed by atoms with Gasteiger partial charge in [0, 0.05) is 59.6 Å². The summed E-state index contributed by atoms with van der Waals surface area (Å²) in [6.45, 7) is 10.2. The zero-order chi connectivity index (χ0) is 29.4. The van der Waals surface area contributed by atoms with E-state index in [9.17, 15) is 26.8 Å². The highest BCUT2D eigenvalue weighted by atomic mass is 79.9. The van der Waals surface area contributed by atoms with Crippen molar-refractivity contribution >= 4 is 49.6 Å². The van der Waals surface area contributed by atoms with Crippen LogP contribution in [0.3, 0.4) is 0 Å². The van der Waals surface area contributed by atoms with Crippen molar-refractivity contribution in [1.29, 1.82) is 0 Å². The third kappa shape index (κ3) is 7.84. The Morgan fingerprint density at radius 1 is 1.10 bits per heavy atom. The fourth-order valence-corrected chi connectivity index (χ4v) is 5.52. The lowest BCUT2D eigenvalue weighted by Gasteiger charge is -2.33. The summed E-state index contributed by atoms with van der Waals surface area (Å²) >= 11 is 3.29. The second-order valence-electron chi connectivity index (χ2n) is 11.3. The van der Waals surface area contributed by atoms with Crippen LogP contribution in [0.1, 0.15) is 70.3 Å². The van der Waals surface area contributed by atoms with Crippen LogP contribution in [0, 0.1) is 0 Å². The number of halogens is 3. The molecule has 39 heavy (non-hydrogen) atoms. The van der Waals surface area contributed by atoms with Crippen LogP contribution in [0.2, 0.25) is 0 Å². The lowest BCUT2D eigenvalue weighted by Crippen LogP contribution is -2.42. The molecular formula is C25H32BrF2N5O5S. The van der Waals surface area contributed by atoms with E-state index in [2.05, 4.69) is 36.5 Å². The number of piperidine rings is 1. The van der Waals surface area contributed by atoms with E-state index in [0.717, 1.165) is 0 Å². The van der Waals surface area contributed by atoms with Crippen molar-refractivity contribution in [2.75, 3.05) is 23.3 Å². The van der Waals surface area contributed by atoms with E-state index in [-0.39, 0.29) is 48.6 Å². The fourth-order valence-electron chi connectivity index (χ4n) is 4.01. The molecule has 10 nitrogen and oxygen atoms in total. The second kappa shape index (κ2) is 11.0. The Morgan fingerprint density at radius 3 is 2.28 bits per heavy atom. The molecule has 0 aromatic carbocycles. The number of hydrogen-bond acceptors (Lipinski definition) is 8. The van der Waals surface area contributed by atoms with Gasteiger partial charge in [-0.2, -0.15) is 8.42 Å². The molecule has 14 heteroatoms. The number of amides is 2. The van der Waals surface area contributed by atoms with E-state index >= 15 is 0 Å². The van der Waals surface area contributed by atoms with Gasteiger partial charge in [0.15, 0.2) is 5.03 Å². The first-order chi connectivity index (χ1) is 17.8. The molecule has 2 aromatic rings. The van der Waals surface area contributed by atoms with Gasteiger partial charge < -0.3 is 19.7 Å². The SMILES string of the molecule is CC(C)(C)NC(=O)OS(=O)(=O)c1nccc(NC(=O)c2cc(Br)cnc2N2CCC(F)(F)CC2)c1C(C)(C)C. The van der Waals surface area contributed by atoms with Gasteiger partial charge in [0.2, 0.25) is 0 Å². The molecule has 1 aliphatic rings. The van der Waals surface area contributed by atoms with E-state index in [1.165, 1.54) is 24.5 Å². The minimum Gasteiger partial charge on any atom is -0.356 e. The van der Waals surface area contributed by atoms with Crippen LogP contribution in [-0.4, -0.2) is 54.9 Å². The molecule has 0 aliphatic carbocycles. The first kappa shape index (κ1) is 30.7. The summed E-state index contributed by atoms with van der Waals surface area (Å²) in [6.07, 6.45) is 0.741. The fraction of sp³-hybridized carbons (Fsp3) is 0.520. The Bertz CT molecular complexity index is 1360. The summed E-state index contributed by atoms with van der Waals surface area (Å²) in [5.41, 5.74) is -1.28. The molecule has 0 spiro atoms. The van der Waals surface area contributed by atoms with Gasteiger partial charge in [-0.3, -0.25) is 4.79 Å². The van der Waals surface area contributed by atoms with Gasteiger partial charge in [-0.1, -0.05) is 20.8 Å². The van der Waals surface area contributed by atoms with Gasteiger partial charge >= 0.3 is 16.2 Å². The average Bonchev–Trinajstić information content (AvgIpc) is 2.76. The summed E-state index contributed by atoms with van der Waals surface area (Å²) < 4.78 is 59.0. The highest BCUT2D eigenvalue weighted by molar-refractivity contribution is 9.10. The lowest BCUT2D eigenvalue weighted by atomic mass is 9.87. The van der Waals surface area contributed by atoms with Crippen LogP contribution in [0.15, 0.2) is 34.0 Å². The number of nitrogens with one attached hydrogen (secondary N) is 2. The van der Waals surface area contributed by atoms with Crippen LogP contribution in [-0.2, 0) is 19.7 Å². The molecule has 1 aliphatic heterocycles. The summed E-state index contributed by atoms with van der Waals surface area (Å²) in [6, 6.07) is 2.94. The van der Waals surface area contributed by atoms with Crippen molar-refractivity contribution in [3.05, 3.63) is 40.1 Å². The molecule has 0 unspecified atom stereocenters. The molecule has 1 fully saturated rings. The van der Waals surface area contributed by atoms with Crippen LogP contribution in [0.4, 0.5) is 25.1 Å². The zero-order valence-electron chi connectivity index (χ0n) is 22.6. The number of carbonyl (C=O) groups is 2. The maximum atomic E-state index is 13.7. The quantitative estimate of drug-likeness (QED) is 0.429. The Morgan fingerprint density at radius 2 is 1.72 bits per heavy atom. The van der Waals surface area contributed by atoms with E-state index in [1.807, 2.05) is 0 Å². The third-order valence-electron chi connectivity index (χ3n) is 5.69. The monoisotopic (exact) mass is 631 g/mol. The second-order valence-corrected chi connectivity index (χ2v) is 13.7. The van der Waals surface area contributed by atoms with Gasteiger partial charge in [0.05, 0.1) is 5.56 Å². The summed E-state index contributed by atoms with van der Waals surface area (Å²) in [5, 5.41) is 4.62. The summed E-state index contributed by atoms with van der Waals surface area (Å²) in [4.78, 5) is 35.7. The highest BCUT2D eigenvalue weighted by Crippen LogP contribution is 2.36. The van der Waals surface area contributed by atoms with Crippen LogP contribution < -0.4 is 15.5 Å². The van der Waals surface area contributed by atoms with Gasteiger partial charge in [-0.15, -0.1) is 0 Å². The van der Waals surface area contributed by atoms with Gasteiger partial charge in [0.25, 0.3) is 11.8 Å². The van der Waals surface area contributed by atoms with E-state index in [4.69, 9.17) is 4.18 Å². The van der Waals surface area contributed by atoms with E-state index < -0.39 is 44.0 Å². The number of rotatable bonds is 5. The van der Waals surface area contributed by atoms with E-state index in [1.54, 1.807) is 46.4 Å². The lowest BCUT2D eigenvalue weighted by molar-refractivity contribution is -0.0221. The highest BCUT2D eigenvalue weighted by Gasteiger charge is 2.37. The van der Waals surface area contributed by atoms with Crippen LogP contribution in [0.5, 0.6) is 0 Å². The maximum Gasteiger partial charge on any atom is 0.423 e. The van der Waals surface area contributed by atoms with Crippen molar-refractivity contribution in [1.82, 2.24) is 15.3 Å². The number of nitrogens with zero attached hydrogens (tertiary/aromatic N) is 3. The van der Waals surface area contributed by atoms with Crippen LogP contribution >= 0.6 is 15.9 Å². The molecule has 0 bridgehead atoms. The predicted molar refractivity (Wildman–Crippen MR) is 146 cm³/mol. The molecule has 1 saturated heterocycles. The third-order valence-corrected chi connectivity index (χ3v) is 7.27. The Labute approximate surface area is 235 Å². The van der Waals surface area contributed by atoms with Gasteiger partial charge in [-0.05, 0) is 54.2 Å². The number of anilines is 2. The molecule has 2 N–H and O–H groups in total. The van der Waals surface area contributed by atoms with Crippen molar-refractivity contribution in [2.45, 2.75) is 76.3 Å². The molecular weight excluding hydrogens is 600 g/mol. The zero-order valence-corrected chi connectivity index (χ0v) is 25.0. The number of carbonyl (C=O) groups excluding carboxylic acids is 2. The minimum atomic E-state index is -4.69. The van der Waals surface area contributed by atoms with Crippen molar-refractivity contribution < 1.29 is 31.0 Å². The van der Waals surface area contributed by atoms with Crippen molar-refractivity contribution in [3.8, 4) is 0 Å². The van der Waals surface area contributed by atoms with E-state index in [0.29, 0.717) is 4.47 Å². The Balaban J connectivity index is 2.00. The van der Waals surface area contributed by atoms with Crippen molar-refractivity contribution in [3.63, 3.8) is 0 Å². The van der Waals surface area contributed by atoms with Gasteiger partial charge in [-0.25, -0.2) is 23.5 Å². The number of hydrogen-bond donors (Lipinski definition) is 2. The summed E-state index contributed by atoms with van der Waals surface area (Å²) in [5.74, 6) is -3.18. The minimum absolute atomic E-state index is 0.0147. The van der Waals surface area contributed by atoms with Crippen LogP contribution in [0.25, 0.3) is 0 Å². The Hall–Kier alpha value is -2.87. The average molecular weight is 633 g/mol. The summed E-state index contributed by atoms with van der Waals surface area (Å²) in [7, 11) is -4.69. The molecule has 3 heterocycles. The number of alkyl halides is 2. The molecule has 2 aromatic heterocycles. The maximum absolute atomic E-state index is 13.7. The van der Waals surface area contributed by atoms with Gasteiger partial charge in [0.1, 0.15) is 5.82 Å². The largest absolute Gasteiger partial charge is 0.423 e. The van der Waals surface area contributed by atoms with Crippen molar-refractivity contribution in [2.24, 2.45) is 0 Å².